The van der Waals surface area contributed by atoms with Crippen LogP contribution >= 0.6 is 0 Å². The zero-order valence-corrected chi connectivity index (χ0v) is 19.6. The fourth-order valence-corrected chi connectivity index (χ4v) is 3.74. The van der Waals surface area contributed by atoms with E-state index >= 15 is 0 Å². The Hall–Kier alpha value is -3.87. The smallest absolute Gasteiger partial charge is 0.279 e. The van der Waals surface area contributed by atoms with Crippen LogP contribution in [0.2, 0.25) is 0 Å². The minimum Gasteiger partial charge on any atom is -0.488 e. The number of nitrogens with zero attached hydrogens (tertiary/aromatic N) is 3. The number of nitrogens with one attached hydrogen (secondary N) is 1. The normalized spacial score (nSPS) is 10.9. The zero-order chi connectivity index (χ0) is 23.5. The van der Waals surface area contributed by atoms with Gasteiger partial charge in [-0.1, -0.05) is 52.7 Å². The van der Waals surface area contributed by atoms with Crippen molar-refractivity contribution in [2.75, 3.05) is 5.32 Å². The number of benzene rings is 2. The lowest BCUT2D eigenvalue weighted by Gasteiger charge is -2.10. The molecule has 0 aliphatic heterocycles. The Labute approximate surface area is 193 Å². The molecule has 0 saturated carbocycles. The highest BCUT2D eigenvalue weighted by Crippen LogP contribution is 2.23. The van der Waals surface area contributed by atoms with Crippen LogP contribution in [0.3, 0.4) is 0 Å². The van der Waals surface area contributed by atoms with Gasteiger partial charge in [-0.3, -0.25) is 9.48 Å². The van der Waals surface area contributed by atoms with Gasteiger partial charge < -0.3 is 14.6 Å². The number of rotatable bonds is 7. The third-order valence-corrected chi connectivity index (χ3v) is 5.54. The largest absolute Gasteiger partial charge is 0.488 e. The molecule has 33 heavy (non-hydrogen) atoms. The first-order valence-corrected chi connectivity index (χ1v) is 10.9. The van der Waals surface area contributed by atoms with Gasteiger partial charge in [-0.05, 0) is 51.8 Å². The molecule has 4 aromatic rings. The fourth-order valence-electron chi connectivity index (χ4n) is 3.74. The number of hydrogen-bond donors (Lipinski definition) is 1. The van der Waals surface area contributed by atoms with Crippen molar-refractivity contribution in [3.8, 4) is 5.75 Å². The lowest BCUT2D eigenvalue weighted by molar-refractivity contribution is 0.101. The summed E-state index contributed by atoms with van der Waals surface area (Å²) >= 11 is 0. The van der Waals surface area contributed by atoms with Gasteiger partial charge in [0.05, 0.1) is 12.1 Å². The van der Waals surface area contributed by atoms with Crippen molar-refractivity contribution in [2.45, 2.75) is 47.8 Å². The highest BCUT2D eigenvalue weighted by atomic mass is 16.5. The van der Waals surface area contributed by atoms with E-state index in [1.807, 2.05) is 49.7 Å². The molecule has 4 rings (SSSR count). The minimum absolute atomic E-state index is 0.183. The van der Waals surface area contributed by atoms with Gasteiger partial charge in [-0.2, -0.15) is 5.10 Å². The second kappa shape index (κ2) is 9.32. The Morgan fingerprint density at radius 2 is 1.82 bits per heavy atom. The molecule has 0 radical (unpaired) electrons. The summed E-state index contributed by atoms with van der Waals surface area (Å²) in [6.07, 6.45) is 0. The van der Waals surface area contributed by atoms with E-state index in [9.17, 15) is 4.79 Å². The Bertz CT molecular complexity index is 1300. The number of amides is 1. The maximum absolute atomic E-state index is 13.0. The maximum atomic E-state index is 13.0. The van der Waals surface area contributed by atoms with Gasteiger partial charge in [0.1, 0.15) is 18.1 Å². The van der Waals surface area contributed by atoms with Gasteiger partial charge in [-0.15, -0.1) is 0 Å². The number of aryl methyl sites for hydroxylation is 5. The molecule has 0 bridgehead atoms. The van der Waals surface area contributed by atoms with Crippen LogP contribution in [0.1, 0.15) is 49.8 Å². The Morgan fingerprint density at radius 1 is 1.03 bits per heavy atom. The molecule has 0 fully saturated rings. The average molecular weight is 445 g/mol. The van der Waals surface area contributed by atoms with Gasteiger partial charge in [-0.25, -0.2) is 0 Å². The SMILES string of the molecule is Cc1cccc(Cn2nc(NC(=O)c3noc(C)c3COc3ccc(C)cc3C)cc2C)c1. The second-order valence-corrected chi connectivity index (χ2v) is 8.40. The van der Waals surface area contributed by atoms with Crippen molar-refractivity contribution in [3.05, 3.63) is 93.5 Å². The standard InChI is InChI=1S/C26H28N4O3/c1-16-7-6-8-21(12-16)14-30-19(4)13-24(28-30)27-26(31)25-22(20(5)33-29-25)15-32-23-10-9-17(2)11-18(23)3/h6-13H,14-15H2,1-5H3,(H,27,28,31). The Kier molecular flexibility index (Phi) is 6.31. The van der Waals surface area contributed by atoms with Crippen molar-refractivity contribution in [3.63, 3.8) is 0 Å². The first kappa shape index (κ1) is 22.3. The van der Waals surface area contributed by atoms with Crippen LogP contribution in [0, 0.1) is 34.6 Å². The third-order valence-electron chi connectivity index (χ3n) is 5.54. The fraction of sp³-hybridized carbons (Fsp3) is 0.269. The molecule has 7 nitrogen and oxygen atoms in total. The molecular weight excluding hydrogens is 416 g/mol. The Balaban J connectivity index is 1.47. The number of carbonyl (C=O) groups excluding carboxylic acids is 1. The number of carbonyl (C=O) groups is 1. The zero-order valence-electron chi connectivity index (χ0n) is 19.6. The van der Waals surface area contributed by atoms with Crippen molar-refractivity contribution >= 4 is 11.7 Å². The van der Waals surface area contributed by atoms with E-state index in [0.717, 1.165) is 22.6 Å². The number of hydrogen-bond acceptors (Lipinski definition) is 5. The molecule has 0 aliphatic carbocycles. The monoisotopic (exact) mass is 444 g/mol. The van der Waals surface area contributed by atoms with Crippen molar-refractivity contribution in [1.29, 1.82) is 0 Å². The molecule has 0 spiro atoms. The number of anilines is 1. The van der Waals surface area contributed by atoms with E-state index in [0.29, 0.717) is 23.7 Å². The van der Waals surface area contributed by atoms with Gasteiger partial charge in [0.15, 0.2) is 11.5 Å². The van der Waals surface area contributed by atoms with E-state index in [2.05, 4.69) is 46.8 Å². The molecule has 0 unspecified atom stereocenters. The molecule has 7 heteroatoms. The van der Waals surface area contributed by atoms with E-state index in [4.69, 9.17) is 9.26 Å². The molecule has 0 aliphatic rings. The van der Waals surface area contributed by atoms with Gasteiger partial charge in [0, 0.05) is 11.8 Å². The summed E-state index contributed by atoms with van der Waals surface area (Å²) in [5, 5.41) is 11.3. The van der Waals surface area contributed by atoms with Crippen molar-refractivity contribution < 1.29 is 14.1 Å². The predicted octanol–water partition coefficient (Wildman–Crippen LogP) is 5.29. The second-order valence-electron chi connectivity index (χ2n) is 8.40. The highest BCUT2D eigenvalue weighted by molar-refractivity contribution is 6.03. The van der Waals surface area contributed by atoms with Crippen molar-refractivity contribution in [1.82, 2.24) is 14.9 Å². The summed E-state index contributed by atoms with van der Waals surface area (Å²) in [7, 11) is 0. The summed E-state index contributed by atoms with van der Waals surface area (Å²) < 4.78 is 13.1. The Morgan fingerprint density at radius 3 is 2.58 bits per heavy atom. The predicted molar refractivity (Wildman–Crippen MR) is 127 cm³/mol. The molecule has 0 atom stereocenters. The van der Waals surface area contributed by atoms with Gasteiger partial charge in [0.25, 0.3) is 5.91 Å². The molecule has 2 heterocycles. The first-order chi connectivity index (χ1) is 15.8. The van der Waals surface area contributed by atoms with Crippen LogP contribution in [0.4, 0.5) is 5.82 Å². The highest BCUT2D eigenvalue weighted by Gasteiger charge is 2.22. The van der Waals surface area contributed by atoms with E-state index < -0.39 is 0 Å². The summed E-state index contributed by atoms with van der Waals surface area (Å²) in [6.45, 7) is 10.6. The third kappa shape index (κ3) is 5.14. The number of aromatic nitrogens is 3. The molecule has 1 amide bonds. The lowest BCUT2D eigenvalue weighted by atomic mass is 10.1. The van der Waals surface area contributed by atoms with Gasteiger partial charge in [0.2, 0.25) is 0 Å². The van der Waals surface area contributed by atoms with Crippen LogP contribution in [-0.2, 0) is 13.2 Å². The summed E-state index contributed by atoms with van der Waals surface area (Å²) in [6, 6.07) is 16.1. The van der Waals surface area contributed by atoms with Crippen LogP contribution < -0.4 is 10.1 Å². The van der Waals surface area contributed by atoms with Crippen LogP contribution in [-0.4, -0.2) is 20.8 Å². The van der Waals surface area contributed by atoms with Crippen LogP contribution in [0.15, 0.2) is 53.1 Å². The quantitative estimate of drug-likeness (QED) is 0.419. The summed E-state index contributed by atoms with van der Waals surface area (Å²) in [5.41, 5.74) is 6.30. The topological polar surface area (TPSA) is 82.2 Å². The van der Waals surface area contributed by atoms with E-state index in [1.165, 1.54) is 11.1 Å². The summed E-state index contributed by atoms with van der Waals surface area (Å²) in [5.74, 6) is 1.39. The van der Waals surface area contributed by atoms with Crippen LogP contribution in [0.5, 0.6) is 5.75 Å². The summed E-state index contributed by atoms with van der Waals surface area (Å²) in [4.78, 5) is 13.0. The molecule has 1 N–H and O–H groups in total. The number of ether oxygens (including phenoxy) is 1. The van der Waals surface area contributed by atoms with Crippen molar-refractivity contribution in [2.24, 2.45) is 0 Å². The molecular formula is C26H28N4O3. The minimum atomic E-state index is -0.383. The molecule has 170 valence electrons. The van der Waals surface area contributed by atoms with E-state index in [-0.39, 0.29) is 18.2 Å². The average Bonchev–Trinajstić information content (AvgIpc) is 3.29. The van der Waals surface area contributed by atoms with E-state index in [1.54, 1.807) is 6.92 Å². The molecule has 0 saturated heterocycles. The maximum Gasteiger partial charge on any atom is 0.279 e. The van der Waals surface area contributed by atoms with Gasteiger partial charge >= 0.3 is 0 Å². The van der Waals surface area contributed by atoms with Crippen LogP contribution in [0.25, 0.3) is 0 Å². The first-order valence-electron chi connectivity index (χ1n) is 10.9. The molecule has 2 aromatic carbocycles. The molecule has 2 aromatic heterocycles. The lowest BCUT2D eigenvalue weighted by Crippen LogP contribution is -2.16.